The van der Waals surface area contributed by atoms with E-state index < -0.39 is 5.97 Å². The molecule has 0 aromatic heterocycles. The van der Waals surface area contributed by atoms with E-state index in [9.17, 15) is 9.59 Å². The fourth-order valence-electron chi connectivity index (χ4n) is 1.42. The van der Waals surface area contributed by atoms with Gasteiger partial charge in [-0.05, 0) is 19.9 Å². The molecule has 15 heavy (non-hydrogen) atoms. The first-order valence-electron chi connectivity index (χ1n) is 5.49. The maximum absolute atomic E-state index is 10.9. The molecule has 0 aliphatic rings. The van der Waals surface area contributed by atoms with Crippen LogP contribution in [0.1, 0.15) is 39.5 Å². The first-order valence-corrected chi connectivity index (χ1v) is 5.49. The van der Waals surface area contributed by atoms with Crippen LogP contribution in [-0.4, -0.2) is 41.4 Å². The van der Waals surface area contributed by atoms with Crippen LogP contribution in [0.2, 0.25) is 0 Å². The first-order chi connectivity index (χ1) is 7.06. The van der Waals surface area contributed by atoms with Crippen molar-refractivity contribution in [2.24, 2.45) is 0 Å². The van der Waals surface area contributed by atoms with Gasteiger partial charge in [0.2, 0.25) is 0 Å². The average Bonchev–Trinajstić information content (AvgIpc) is 2.13. The molecule has 4 heteroatoms. The normalized spacial score (nSPS) is 10.6. The number of carboxylic acid groups (broad SMARTS) is 1. The van der Waals surface area contributed by atoms with Gasteiger partial charge >= 0.3 is 5.97 Å². The van der Waals surface area contributed by atoms with E-state index in [1.807, 2.05) is 4.90 Å². The Labute approximate surface area is 91.3 Å². The van der Waals surface area contributed by atoms with Crippen LogP contribution in [-0.2, 0) is 9.59 Å². The zero-order valence-electron chi connectivity index (χ0n) is 9.66. The molecule has 0 aliphatic carbocycles. The molecule has 0 saturated heterocycles. The number of nitrogens with zero attached hydrogens (tertiary/aromatic N) is 1. The van der Waals surface area contributed by atoms with Crippen LogP contribution in [0.25, 0.3) is 0 Å². The van der Waals surface area contributed by atoms with Gasteiger partial charge in [-0.1, -0.05) is 19.8 Å². The number of hydrogen-bond donors (Lipinski definition) is 1. The molecule has 0 aliphatic heterocycles. The minimum atomic E-state index is -0.806. The number of Topliss-reactive ketones (excluding diaryl/α,β-unsaturated/α-hetero) is 1. The molecule has 0 atom stereocenters. The first kappa shape index (κ1) is 14.1. The lowest BCUT2D eigenvalue weighted by atomic mass is 10.2. The standard InChI is InChI=1S/C11H21NO3/c1-3-4-5-7-12(9-10(2)13)8-6-11(14)15/h3-9H2,1-2H3,(H,14,15). The predicted molar refractivity (Wildman–Crippen MR) is 58.9 cm³/mol. The van der Waals surface area contributed by atoms with Gasteiger partial charge in [-0.25, -0.2) is 0 Å². The third-order valence-corrected chi connectivity index (χ3v) is 2.17. The van der Waals surface area contributed by atoms with Crippen molar-refractivity contribution in [3.05, 3.63) is 0 Å². The number of ketones is 1. The van der Waals surface area contributed by atoms with Crippen LogP contribution in [0.5, 0.6) is 0 Å². The summed E-state index contributed by atoms with van der Waals surface area (Å²) in [4.78, 5) is 23.3. The van der Waals surface area contributed by atoms with Crippen LogP contribution >= 0.6 is 0 Å². The second kappa shape index (κ2) is 8.41. The van der Waals surface area contributed by atoms with Gasteiger partial charge in [0, 0.05) is 6.54 Å². The summed E-state index contributed by atoms with van der Waals surface area (Å²) in [6.07, 6.45) is 3.40. The molecule has 0 bridgehead atoms. The topological polar surface area (TPSA) is 57.6 Å². The highest BCUT2D eigenvalue weighted by Gasteiger charge is 2.08. The second-order valence-corrected chi connectivity index (χ2v) is 3.83. The summed E-state index contributed by atoms with van der Waals surface area (Å²) >= 11 is 0. The van der Waals surface area contributed by atoms with Gasteiger partial charge in [0.25, 0.3) is 0 Å². The predicted octanol–water partition coefficient (Wildman–Crippen LogP) is 1.54. The number of carbonyl (C=O) groups is 2. The maximum Gasteiger partial charge on any atom is 0.304 e. The second-order valence-electron chi connectivity index (χ2n) is 3.83. The highest BCUT2D eigenvalue weighted by atomic mass is 16.4. The molecule has 0 aromatic rings. The minimum Gasteiger partial charge on any atom is -0.481 e. The van der Waals surface area contributed by atoms with E-state index >= 15 is 0 Å². The van der Waals surface area contributed by atoms with E-state index in [2.05, 4.69) is 6.92 Å². The van der Waals surface area contributed by atoms with E-state index in [0.29, 0.717) is 13.1 Å². The van der Waals surface area contributed by atoms with Crippen molar-refractivity contribution in [2.45, 2.75) is 39.5 Å². The molecule has 0 amide bonds. The molecule has 0 fully saturated rings. The molecular formula is C11H21NO3. The van der Waals surface area contributed by atoms with Crippen molar-refractivity contribution in [3.8, 4) is 0 Å². The van der Waals surface area contributed by atoms with Gasteiger partial charge in [-0.15, -0.1) is 0 Å². The van der Waals surface area contributed by atoms with Crippen molar-refractivity contribution < 1.29 is 14.7 Å². The number of rotatable bonds is 9. The number of hydrogen-bond acceptors (Lipinski definition) is 3. The van der Waals surface area contributed by atoms with Gasteiger partial charge in [-0.3, -0.25) is 14.5 Å². The Morgan fingerprint density at radius 1 is 1.20 bits per heavy atom. The maximum atomic E-state index is 10.9. The van der Waals surface area contributed by atoms with Crippen LogP contribution < -0.4 is 0 Å². The Morgan fingerprint density at radius 3 is 2.33 bits per heavy atom. The molecule has 0 aromatic carbocycles. The summed E-state index contributed by atoms with van der Waals surface area (Å²) in [7, 11) is 0. The van der Waals surface area contributed by atoms with Crippen LogP contribution in [0.4, 0.5) is 0 Å². The molecule has 4 nitrogen and oxygen atoms in total. The quantitative estimate of drug-likeness (QED) is 0.593. The SMILES string of the molecule is CCCCCN(CCC(=O)O)CC(C)=O. The Hall–Kier alpha value is -0.900. The molecular weight excluding hydrogens is 194 g/mol. The largest absolute Gasteiger partial charge is 0.481 e. The Morgan fingerprint density at radius 2 is 1.87 bits per heavy atom. The monoisotopic (exact) mass is 215 g/mol. The molecule has 0 heterocycles. The summed E-state index contributed by atoms with van der Waals surface area (Å²) in [6.45, 7) is 5.32. The number of unbranched alkanes of at least 4 members (excludes halogenated alkanes) is 2. The fraction of sp³-hybridized carbons (Fsp3) is 0.818. The van der Waals surface area contributed by atoms with Crippen molar-refractivity contribution in [1.29, 1.82) is 0 Å². The van der Waals surface area contributed by atoms with E-state index in [4.69, 9.17) is 5.11 Å². The van der Waals surface area contributed by atoms with Crippen LogP contribution in [0, 0.1) is 0 Å². The molecule has 0 spiro atoms. The van der Waals surface area contributed by atoms with E-state index in [1.165, 1.54) is 6.92 Å². The third kappa shape index (κ3) is 9.41. The molecule has 88 valence electrons. The summed E-state index contributed by atoms with van der Waals surface area (Å²) < 4.78 is 0. The summed E-state index contributed by atoms with van der Waals surface area (Å²) in [5, 5.41) is 8.56. The minimum absolute atomic E-state index is 0.0943. The molecule has 0 saturated carbocycles. The van der Waals surface area contributed by atoms with E-state index in [0.717, 1.165) is 25.8 Å². The number of carbonyl (C=O) groups excluding carboxylic acids is 1. The third-order valence-electron chi connectivity index (χ3n) is 2.17. The Kier molecular flexibility index (Phi) is 7.91. The van der Waals surface area contributed by atoms with Gasteiger partial charge in [0.05, 0.1) is 13.0 Å². The van der Waals surface area contributed by atoms with Gasteiger partial charge < -0.3 is 5.11 Å². The lowest BCUT2D eigenvalue weighted by molar-refractivity contribution is -0.137. The lowest BCUT2D eigenvalue weighted by Crippen LogP contribution is -2.31. The van der Waals surface area contributed by atoms with E-state index in [1.54, 1.807) is 0 Å². The van der Waals surface area contributed by atoms with Crippen molar-refractivity contribution in [1.82, 2.24) is 4.90 Å². The van der Waals surface area contributed by atoms with Gasteiger partial charge in [0.15, 0.2) is 0 Å². The summed E-state index contributed by atoms with van der Waals surface area (Å²) in [5.41, 5.74) is 0. The number of aliphatic carboxylic acids is 1. The van der Waals surface area contributed by atoms with Crippen molar-refractivity contribution >= 4 is 11.8 Å². The molecule has 0 rings (SSSR count). The molecule has 0 unspecified atom stereocenters. The fourth-order valence-corrected chi connectivity index (χ4v) is 1.42. The highest BCUT2D eigenvalue weighted by Crippen LogP contribution is 2.00. The van der Waals surface area contributed by atoms with Crippen LogP contribution in [0.3, 0.4) is 0 Å². The molecule has 1 N–H and O–H groups in total. The average molecular weight is 215 g/mol. The summed E-state index contributed by atoms with van der Waals surface area (Å²) in [5.74, 6) is -0.712. The highest BCUT2D eigenvalue weighted by molar-refractivity contribution is 5.77. The van der Waals surface area contributed by atoms with Gasteiger partial charge in [-0.2, -0.15) is 0 Å². The van der Waals surface area contributed by atoms with E-state index in [-0.39, 0.29) is 12.2 Å². The van der Waals surface area contributed by atoms with Crippen molar-refractivity contribution in [2.75, 3.05) is 19.6 Å². The Bertz CT molecular complexity index is 204. The smallest absolute Gasteiger partial charge is 0.304 e. The zero-order valence-corrected chi connectivity index (χ0v) is 9.66. The Balaban J connectivity index is 3.83. The zero-order chi connectivity index (χ0) is 11.7. The lowest BCUT2D eigenvalue weighted by Gasteiger charge is -2.19. The van der Waals surface area contributed by atoms with Crippen molar-refractivity contribution in [3.63, 3.8) is 0 Å². The van der Waals surface area contributed by atoms with Gasteiger partial charge in [0.1, 0.15) is 5.78 Å². The number of carboxylic acids is 1. The molecule has 0 radical (unpaired) electrons. The summed E-state index contributed by atoms with van der Waals surface area (Å²) in [6, 6.07) is 0. The van der Waals surface area contributed by atoms with Crippen LogP contribution in [0.15, 0.2) is 0 Å².